The van der Waals surface area contributed by atoms with Crippen molar-refractivity contribution in [3.8, 4) is 0 Å². The van der Waals surface area contributed by atoms with E-state index in [1.165, 1.54) is 4.70 Å². The fraction of sp³-hybridized carbons (Fsp3) is 0. The molecule has 0 amide bonds. The Morgan fingerprint density at radius 2 is 2.00 bits per heavy atom. The second-order valence-corrected chi connectivity index (χ2v) is 6.10. The molecule has 5 heteroatoms. The van der Waals surface area contributed by atoms with Gasteiger partial charge in [-0.1, -0.05) is 23.7 Å². The Morgan fingerprint density at radius 3 is 2.76 bits per heavy atom. The maximum atomic E-state index is 5.79. The van der Waals surface area contributed by atoms with Gasteiger partial charge in [-0.2, -0.15) is 0 Å². The Morgan fingerprint density at radius 1 is 1.12 bits per heavy atom. The zero-order valence-electron chi connectivity index (χ0n) is 8.63. The summed E-state index contributed by atoms with van der Waals surface area (Å²) in [6, 6.07) is 11.9. The number of thiazole rings is 1. The lowest BCUT2D eigenvalue weighted by Crippen LogP contribution is -1.77. The third kappa shape index (κ3) is 2.44. The first-order valence-electron chi connectivity index (χ1n) is 4.96. The number of hydrogen-bond acceptors (Lipinski definition) is 4. The van der Waals surface area contributed by atoms with E-state index in [-0.39, 0.29) is 0 Å². The Bertz CT molecular complexity index is 616. The van der Waals surface area contributed by atoms with Gasteiger partial charge in [0.25, 0.3) is 0 Å². The summed E-state index contributed by atoms with van der Waals surface area (Å²) in [5.41, 5.74) is 1.04. The van der Waals surface area contributed by atoms with Gasteiger partial charge >= 0.3 is 0 Å². The van der Waals surface area contributed by atoms with Crippen molar-refractivity contribution in [1.82, 2.24) is 9.97 Å². The second kappa shape index (κ2) is 4.64. The Labute approximate surface area is 112 Å². The van der Waals surface area contributed by atoms with Gasteiger partial charge in [-0.05, 0) is 36.0 Å². The standard InChI is InChI=1S/C12H7ClN2S2/c13-8-5-6-11(14-7-8)17-12-15-9-3-1-2-4-10(9)16-12/h1-7H. The molecule has 84 valence electrons. The van der Waals surface area contributed by atoms with Gasteiger partial charge in [0.2, 0.25) is 0 Å². The summed E-state index contributed by atoms with van der Waals surface area (Å²) < 4.78 is 2.20. The van der Waals surface area contributed by atoms with Gasteiger partial charge in [0.15, 0.2) is 4.34 Å². The van der Waals surface area contributed by atoms with E-state index in [9.17, 15) is 0 Å². The predicted octanol–water partition coefficient (Wildman–Crippen LogP) is 4.50. The minimum Gasteiger partial charge on any atom is -0.248 e. The zero-order valence-corrected chi connectivity index (χ0v) is 11.0. The van der Waals surface area contributed by atoms with Crippen LogP contribution in [-0.2, 0) is 0 Å². The highest BCUT2D eigenvalue weighted by molar-refractivity contribution is 8.01. The van der Waals surface area contributed by atoms with E-state index in [2.05, 4.69) is 16.0 Å². The monoisotopic (exact) mass is 278 g/mol. The van der Waals surface area contributed by atoms with Crippen LogP contribution in [0.25, 0.3) is 10.2 Å². The van der Waals surface area contributed by atoms with E-state index < -0.39 is 0 Å². The highest BCUT2D eigenvalue weighted by atomic mass is 35.5. The van der Waals surface area contributed by atoms with Crippen LogP contribution < -0.4 is 0 Å². The fourth-order valence-corrected chi connectivity index (χ4v) is 3.47. The van der Waals surface area contributed by atoms with Gasteiger partial charge in [-0.25, -0.2) is 9.97 Å². The molecule has 0 bridgehead atoms. The maximum Gasteiger partial charge on any atom is 0.157 e. The molecule has 0 aliphatic carbocycles. The molecule has 0 N–H and O–H groups in total. The van der Waals surface area contributed by atoms with Crippen molar-refractivity contribution in [1.29, 1.82) is 0 Å². The lowest BCUT2D eigenvalue weighted by Gasteiger charge is -1.95. The van der Waals surface area contributed by atoms with Crippen molar-refractivity contribution < 1.29 is 0 Å². The number of para-hydroxylation sites is 1. The van der Waals surface area contributed by atoms with Crippen LogP contribution in [0.5, 0.6) is 0 Å². The summed E-state index contributed by atoms with van der Waals surface area (Å²) in [4.78, 5) is 8.78. The van der Waals surface area contributed by atoms with Crippen LogP contribution >= 0.6 is 34.7 Å². The Kier molecular flexibility index (Phi) is 3.01. The number of halogens is 1. The molecule has 0 unspecified atom stereocenters. The lowest BCUT2D eigenvalue weighted by atomic mass is 10.3. The quantitative estimate of drug-likeness (QED) is 0.690. The minimum atomic E-state index is 0.652. The number of rotatable bonds is 2. The minimum absolute atomic E-state index is 0.652. The van der Waals surface area contributed by atoms with Crippen LogP contribution in [-0.4, -0.2) is 9.97 Å². The van der Waals surface area contributed by atoms with Crippen molar-refractivity contribution in [2.24, 2.45) is 0 Å². The van der Waals surface area contributed by atoms with Crippen LogP contribution in [0.1, 0.15) is 0 Å². The van der Waals surface area contributed by atoms with Gasteiger partial charge < -0.3 is 0 Å². The van der Waals surface area contributed by atoms with Crippen molar-refractivity contribution in [3.63, 3.8) is 0 Å². The average Bonchev–Trinajstić information content (AvgIpc) is 2.74. The van der Waals surface area contributed by atoms with E-state index >= 15 is 0 Å². The molecule has 3 aromatic rings. The van der Waals surface area contributed by atoms with Gasteiger partial charge in [0.05, 0.1) is 15.2 Å². The summed E-state index contributed by atoms with van der Waals surface area (Å²) in [6.45, 7) is 0. The molecule has 0 aliphatic heterocycles. The highest BCUT2D eigenvalue weighted by Gasteiger charge is 2.05. The van der Waals surface area contributed by atoms with E-state index in [0.29, 0.717) is 5.02 Å². The normalized spacial score (nSPS) is 10.9. The molecule has 17 heavy (non-hydrogen) atoms. The SMILES string of the molecule is Clc1ccc(Sc2nc3ccccc3s2)nc1. The van der Waals surface area contributed by atoms with Crippen molar-refractivity contribution in [2.45, 2.75) is 9.37 Å². The molecule has 0 saturated heterocycles. The number of hydrogen-bond donors (Lipinski definition) is 0. The molecule has 0 fully saturated rings. The summed E-state index contributed by atoms with van der Waals surface area (Å²) in [5, 5.41) is 1.56. The number of aromatic nitrogens is 2. The molecular formula is C12H7ClN2S2. The third-order valence-corrected chi connectivity index (χ3v) is 4.44. The summed E-state index contributed by atoms with van der Waals surface area (Å²) >= 11 is 9.03. The van der Waals surface area contributed by atoms with Crippen LogP contribution in [0, 0.1) is 0 Å². The summed E-state index contributed by atoms with van der Waals surface area (Å²) in [5.74, 6) is 0. The number of pyridine rings is 1. The summed E-state index contributed by atoms with van der Waals surface area (Å²) in [6.07, 6.45) is 1.65. The largest absolute Gasteiger partial charge is 0.248 e. The molecular weight excluding hydrogens is 272 g/mol. The topological polar surface area (TPSA) is 25.8 Å². The van der Waals surface area contributed by atoms with Gasteiger partial charge in [-0.15, -0.1) is 11.3 Å². The van der Waals surface area contributed by atoms with Gasteiger partial charge in [-0.3, -0.25) is 0 Å². The molecule has 3 rings (SSSR count). The van der Waals surface area contributed by atoms with Crippen LogP contribution in [0.3, 0.4) is 0 Å². The molecule has 1 aromatic carbocycles. The van der Waals surface area contributed by atoms with Gasteiger partial charge in [0.1, 0.15) is 5.03 Å². The average molecular weight is 279 g/mol. The van der Waals surface area contributed by atoms with E-state index in [1.54, 1.807) is 29.3 Å². The zero-order chi connectivity index (χ0) is 11.7. The molecule has 0 saturated carbocycles. The van der Waals surface area contributed by atoms with E-state index in [0.717, 1.165) is 14.9 Å². The Hall–Kier alpha value is -1.10. The lowest BCUT2D eigenvalue weighted by molar-refractivity contribution is 1.13. The van der Waals surface area contributed by atoms with E-state index in [4.69, 9.17) is 11.6 Å². The molecule has 2 heterocycles. The maximum absolute atomic E-state index is 5.79. The first kappa shape index (κ1) is 11.0. The third-order valence-electron chi connectivity index (χ3n) is 2.17. The van der Waals surface area contributed by atoms with E-state index in [1.807, 2.05) is 30.3 Å². The first-order chi connectivity index (χ1) is 8.31. The predicted molar refractivity (Wildman–Crippen MR) is 73.0 cm³/mol. The Balaban J connectivity index is 1.92. The fourth-order valence-electron chi connectivity index (χ4n) is 1.41. The van der Waals surface area contributed by atoms with Gasteiger partial charge in [0, 0.05) is 6.20 Å². The number of nitrogens with zero attached hydrogens (tertiary/aromatic N) is 2. The molecule has 2 nitrogen and oxygen atoms in total. The number of benzene rings is 1. The van der Waals surface area contributed by atoms with Crippen LogP contribution in [0.15, 0.2) is 52.0 Å². The molecule has 0 radical (unpaired) electrons. The highest BCUT2D eigenvalue weighted by Crippen LogP contribution is 2.33. The first-order valence-corrected chi connectivity index (χ1v) is 6.97. The smallest absolute Gasteiger partial charge is 0.157 e. The summed E-state index contributed by atoms with van der Waals surface area (Å²) in [7, 11) is 0. The van der Waals surface area contributed by atoms with Crippen molar-refractivity contribution in [3.05, 3.63) is 47.6 Å². The second-order valence-electron chi connectivity index (χ2n) is 3.36. The number of fused-ring (bicyclic) bond motifs is 1. The van der Waals surface area contributed by atoms with Crippen LogP contribution in [0.4, 0.5) is 0 Å². The molecule has 2 aromatic heterocycles. The molecule has 0 atom stereocenters. The molecule has 0 aliphatic rings. The van der Waals surface area contributed by atoms with Crippen molar-refractivity contribution in [2.75, 3.05) is 0 Å². The van der Waals surface area contributed by atoms with Crippen molar-refractivity contribution >= 4 is 44.9 Å². The van der Waals surface area contributed by atoms with Crippen LogP contribution in [0.2, 0.25) is 5.02 Å². The molecule has 0 spiro atoms.